The first-order valence-corrected chi connectivity index (χ1v) is 24.1. The van der Waals surface area contributed by atoms with Gasteiger partial charge in [0.2, 0.25) is 0 Å². The van der Waals surface area contributed by atoms with Gasteiger partial charge in [0.1, 0.15) is 5.75 Å². The number of aliphatic imine (C=N–C) groups is 1. The molecule has 6 rings (SSSR count). The van der Waals surface area contributed by atoms with Crippen molar-refractivity contribution in [2.24, 2.45) is 45.9 Å². The van der Waals surface area contributed by atoms with E-state index in [4.69, 9.17) is 22.0 Å². The molecule has 0 spiro atoms. The Bertz CT molecular complexity index is 1360. The zero-order valence-electron chi connectivity index (χ0n) is 28.3. The summed E-state index contributed by atoms with van der Waals surface area (Å²) in [5.41, 5.74) is 2.86. The van der Waals surface area contributed by atoms with Crippen LogP contribution in [0.15, 0.2) is 65.7 Å². The molecule has 0 bridgehead atoms. The molecule has 3 fully saturated rings. The van der Waals surface area contributed by atoms with E-state index in [0.717, 1.165) is 48.3 Å². The Morgan fingerprint density at radius 1 is 0.826 bits per heavy atom. The molecule has 0 heterocycles. The summed E-state index contributed by atoms with van der Waals surface area (Å²) in [5, 5.41) is 11.2. The van der Waals surface area contributed by atoms with Crippen LogP contribution in [0.1, 0.15) is 115 Å². The second-order valence-electron chi connectivity index (χ2n) is 15.5. The fourth-order valence-electron chi connectivity index (χ4n) is 9.45. The number of hydrogen-bond donors (Lipinski definition) is 1. The molecule has 5 aliphatic carbocycles. The minimum absolute atomic E-state index is 0.171. The van der Waals surface area contributed by atoms with Crippen LogP contribution in [-0.4, -0.2) is 17.4 Å². The van der Waals surface area contributed by atoms with Crippen LogP contribution in [0.25, 0.3) is 0 Å². The van der Waals surface area contributed by atoms with E-state index in [1.54, 1.807) is 0 Å². The first kappa shape index (κ1) is 36.0. The van der Waals surface area contributed by atoms with E-state index in [-0.39, 0.29) is 10.8 Å². The van der Waals surface area contributed by atoms with Crippen LogP contribution in [0.4, 0.5) is 0 Å². The minimum atomic E-state index is -0.826. The summed E-state index contributed by atoms with van der Waals surface area (Å²) in [6.07, 6.45) is 34.9. The van der Waals surface area contributed by atoms with Gasteiger partial charge in [0, 0.05) is 35.4 Å². The summed E-state index contributed by atoms with van der Waals surface area (Å²) in [6, 6.07) is 4.55. The molecule has 6 atom stereocenters. The second-order valence-corrected chi connectivity index (χ2v) is 19.2. The Hall–Kier alpha value is -1.33. The number of benzene rings is 1. The van der Waals surface area contributed by atoms with Gasteiger partial charge in [0.25, 0.3) is 0 Å². The molecule has 3 saturated carbocycles. The monoisotopic (exact) mass is 735 g/mol. The molecule has 46 heavy (non-hydrogen) atoms. The maximum absolute atomic E-state index is 11.2. The number of nitrogens with zero attached hydrogens (tertiary/aromatic N) is 1. The summed E-state index contributed by atoms with van der Waals surface area (Å²) in [7, 11) is 9.87. The van der Waals surface area contributed by atoms with Gasteiger partial charge < -0.3 is 5.11 Å². The van der Waals surface area contributed by atoms with E-state index >= 15 is 0 Å². The third-order valence-electron chi connectivity index (χ3n) is 11.7. The van der Waals surface area contributed by atoms with Crippen LogP contribution < -0.4 is 0 Å². The van der Waals surface area contributed by atoms with Crippen molar-refractivity contribution in [1.29, 1.82) is 0 Å². The van der Waals surface area contributed by atoms with Crippen LogP contribution in [0.2, 0.25) is 0 Å². The number of hydrogen-bond acceptors (Lipinski definition) is 2. The number of aromatic hydroxyl groups is 1. The molecule has 2 nitrogen and oxygen atoms in total. The molecule has 0 aliphatic heterocycles. The predicted octanol–water partition coefficient (Wildman–Crippen LogP) is 11.5. The van der Waals surface area contributed by atoms with Crippen molar-refractivity contribution in [3.8, 4) is 17.6 Å². The third kappa shape index (κ3) is 8.27. The zero-order valence-corrected chi connectivity index (χ0v) is 32.3. The Morgan fingerprint density at radius 2 is 1.37 bits per heavy atom. The molecule has 5 heteroatoms. The van der Waals surface area contributed by atoms with E-state index in [2.05, 4.69) is 100 Å². The molecule has 0 radical (unpaired) electrons. The van der Waals surface area contributed by atoms with E-state index < -0.39 is 20.8 Å². The van der Waals surface area contributed by atoms with E-state index in [1.807, 2.05) is 6.21 Å². The van der Waals surface area contributed by atoms with Crippen LogP contribution in [0, 0.1) is 52.8 Å². The first-order valence-electron chi connectivity index (χ1n) is 17.7. The Labute approximate surface area is 298 Å². The molecule has 1 aromatic rings. The van der Waals surface area contributed by atoms with Gasteiger partial charge in [-0.05, 0) is 90.6 Å². The average Bonchev–Trinajstić information content (AvgIpc) is 3.71. The van der Waals surface area contributed by atoms with Crippen molar-refractivity contribution in [2.75, 3.05) is 0 Å². The average molecular weight is 738 g/mol. The number of rotatable bonds is 6. The molecular formula is C41H53Cl2NOZr. The van der Waals surface area contributed by atoms with E-state index in [9.17, 15) is 5.11 Å². The third-order valence-corrected chi connectivity index (χ3v) is 11.7. The predicted molar refractivity (Wildman–Crippen MR) is 193 cm³/mol. The van der Waals surface area contributed by atoms with Gasteiger partial charge in [-0.2, -0.15) is 0 Å². The van der Waals surface area contributed by atoms with Crippen LogP contribution >= 0.6 is 17.0 Å². The fraction of sp³-hybridized carbons (Fsp3) is 0.585. The molecule has 1 aromatic carbocycles. The van der Waals surface area contributed by atoms with E-state index in [1.165, 1.54) is 44.9 Å². The maximum atomic E-state index is 11.2. The molecule has 1 N–H and O–H groups in total. The van der Waals surface area contributed by atoms with Gasteiger partial charge in [0.15, 0.2) is 0 Å². The molecule has 0 amide bonds. The standard InChI is InChI=1S/C41H53NO.2ClH.Zr/c1-40(2,3)37-27-29(26-30(39(37)43)28-42-32-19-6-5-7-20-32)16-14-15-25-41(4,31-17-8-9-18-31)38-35-23-12-10-21-33(35)34-22-11-13-24-36(34)38;;;/h10-13,21-24,26-28,31-36,38,43H,5-9,15,17-20,25H2,1-4H3;2*1H;/q;;;+2/p-2/t33-,34?,35+,36+,38?,41?;;;/m0.../s1. The molecule has 5 aliphatic rings. The van der Waals surface area contributed by atoms with Crippen molar-refractivity contribution >= 4 is 23.2 Å². The van der Waals surface area contributed by atoms with Crippen molar-refractivity contribution < 1.29 is 26.0 Å². The van der Waals surface area contributed by atoms with Crippen LogP contribution in [-0.2, 0) is 26.3 Å². The van der Waals surface area contributed by atoms with Crippen molar-refractivity contribution in [3.63, 3.8) is 0 Å². The topological polar surface area (TPSA) is 32.6 Å². The summed E-state index contributed by atoms with van der Waals surface area (Å²) < 4.78 is 0. The fourth-order valence-corrected chi connectivity index (χ4v) is 9.45. The molecule has 0 aromatic heterocycles. The van der Waals surface area contributed by atoms with Crippen LogP contribution in [0.5, 0.6) is 5.75 Å². The summed E-state index contributed by atoms with van der Waals surface area (Å²) >= 11 is -0.826. The second kappa shape index (κ2) is 16.4. The molecule has 246 valence electrons. The Balaban J connectivity index is 0.00000134. The number of phenolic OH excluding ortho intramolecular Hbond substituents is 1. The van der Waals surface area contributed by atoms with Crippen molar-refractivity contribution in [1.82, 2.24) is 0 Å². The number of halogens is 2. The van der Waals surface area contributed by atoms with Gasteiger partial charge in [-0.15, -0.1) is 0 Å². The number of fused-ring (bicyclic) bond motifs is 3. The van der Waals surface area contributed by atoms with Gasteiger partial charge in [-0.25, -0.2) is 0 Å². The summed E-state index contributed by atoms with van der Waals surface area (Å²) in [6.45, 7) is 9.13. The van der Waals surface area contributed by atoms with Crippen molar-refractivity contribution in [2.45, 2.75) is 110 Å². The molecule has 0 saturated heterocycles. The summed E-state index contributed by atoms with van der Waals surface area (Å²) in [4.78, 5) is 4.91. The first-order chi connectivity index (χ1) is 22.2. The molecule has 3 unspecified atom stereocenters. The zero-order chi connectivity index (χ0) is 32.7. The van der Waals surface area contributed by atoms with Gasteiger partial charge in [0.05, 0.1) is 0 Å². The Kier molecular flexibility index (Phi) is 12.8. The Morgan fingerprint density at radius 3 is 1.93 bits per heavy atom. The number of phenols is 1. The SMILES string of the molecule is CC(C)(C)c1cc(C#CCCC(C)(C2CCCC2)C2[C@@H]3C=CC=CC3[C@@H]3C=CC=C[C@@H]23)cc(C=NC2CCCCC2)c1O.[Cl][Zr][Cl]. The summed E-state index contributed by atoms with van der Waals surface area (Å²) in [5.74, 6) is 11.5. The van der Waals surface area contributed by atoms with E-state index in [0.29, 0.717) is 41.4 Å². The molecular weight excluding hydrogens is 685 g/mol. The van der Waals surface area contributed by atoms with Crippen molar-refractivity contribution in [3.05, 3.63) is 77.4 Å². The normalized spacial score (nSPS) is 28.6. The van der Waals surface area contributed by atoms with Gasteiger partial charge >= 0.3 is 37.9 Å². The van der Waals surface area contributed by atoms with Gasteiger partial charge in [-0.3, -0.25) is 4.99 Å². The number of allylic oxidation sites excluding steroid dienone is 8. The quantitative estimate of drug-likeness (QED) is 0.229. The van der Waals surface area contributed by atoms with Gasteiger partial charge in [-0.1, -0.05) is 120 Å². The van der Waals surface area contributed by atoms with Crippen LogP contribution in [0.3, 0.4) is 0 Å².